The zero-order valence-corrected chi connectivity index (χ0v) is 13.5. The maximum Gasteiger partial charge on any atom is 0.263 e. The lowest BCUT2D eigenvalue weighted by Gasteiger charge is -2.11. The molecule has 0 heterocycles. The molecule has 0 amide bonds. The molecule has 0 unspecified atom stereocenters. The molecule has 0 aliphatic heterocycles. The zero-order valence-electron chi connectivity index (χ0n) is 11.1. The van der Waals surface area contributed by atoms with E-state index in [1.807, 2.05) is 19.9 Å². The van der Waals surface area contributed by atoms with Crippen LogP contribution >= 0.6 is 15.9 Å². The van der Waals surface area contributed by atoms with Gasteiger partial charge in [0.1, 0.15) is 4.90 Å². The van der Waals surface area contributed by atoms with Gasteiger partial charge in [-0.05, 0) is 55.3 Å². The molecular formula is C14H15BrN2O2S. The van der Waals surface area contributed by atoms with Crippen LogP contribution in [0.15, 0.2) is 45.8 Å². The molecule has 20 heavy (non-hydrogen) atoms. The second-order valence-corrected chi connectivity index (χ2v) is 7.23. The van der Waals surface area contributed by atoms with E-state index in [0.717, 1.165) is 15.6 Å². The minimum absolute atomic E-state index is 0.0840. The van der Waals surface area contributed by atoms with Crippen molar-refractivity contribution in [1.29, 1.82) is 0 Å². The SMILES string of the molecule is Cc1cc(Br)cc(NS(=O)(=O)c2ccc(C)cc2N)c1. The topological polar surface area (TPSA) is 72.2 Å². The molecular weight excluding hydrogens is 340 g/mol. The summed E-state index contributed by atoms with van der Waals surface area (Å²) in [6, 6.07) is 10.2. The molecule has 106 valence electrons. The molecule has 0 aliphatic carbocycles. The van der Waals surface area contributed by atoms with Crippen molar-refractivity contribution in [2.75, 3.05) is 10.5 Å². The fraction of sp³-hybridized carbons (Fsp3) is 0.143. The summed E-state index contributed by atoms with van der Waals surface area (Å²) in [5.41, 5.74) is 8.40. The summed E-state index contributed by atoms with van der Waals surface area (Å²) in [6.45, 7) is 3.75. The van der Waals surface area contributed by atoms with Gasteiger partial charge >= 0.3 is 0 Å². The van der Waals surface area contributed by atoms with Gasteiger partial charge in [0.05, 0.1) is 11.4 Å². The van der Waals surface area contributed by atoms with E-state index in [-0.39, 0.29) is 10.6 Å². The Morgan fingerprint density at radius 1 is 1.05 bits per heavy atom. The lowest BCUT2D eigenvalue weighted by Crippen LogP contribution is -2.15. The van der Waals surface area contributed by atoms with Gasteiger partial charge < -0.3 is 5.73 Å². The average Bonchev–Trinajstić information content (AvgIpc) is 2.25. The Kier molecular flexibility index (Phi) is 4.06. The Hall–Kier alpha value is -1.53. The summed E-state index contributed by atoms with van der Waals surface area (Å²) in [5, 5.41) is 0. The lowest BCUT2D eigenvalue weighted by molar-refractivity contribution is 0.601. The maximum absolute atomic E-state index is 12.3. The predicted octanol–water partition coefficient (Wildman–Crippen LogP) is 3.45. The van der Waals surface area contributed by atoms with E-state index in [1.165, 1.54) is 6.07 Å². The van der Waals surface area contributed by atoms with Crippen LogP contribution in [0.5, 0.6) is 0 Å². The number of sulfonamides is 1. The molecule has 0 radical (unpaired) electrons. The van der Waals surface area contributed by atoms with Crippen LogP contribution in [0.3, 0.4) is 0 Å². The minimum Gasteiger partial charge on any atom is -0.398 e. The molecule has 0 bridgehead atoms. The van der Waals surface area contributed by atoms with E-state index >= 15 is 0 Å². The van der Waals surface area contributed by atoms with Crippen molar-refractivity contribution in [2.24, 2.45) is 0 Å². The predicted molar refractivity (Wildman–Crippen MR) is 85.3 cm³/mol. The van der Waals surface area contributed by atoms with E-state index < -0.39 is 10.0 Å². The number of hydrogen-bond acceptors (Lipinski definition) is 3. The van der Waals surface area contributed by atoms with Gasteiger partial charge in [-0.1, -0.05) is 22.0 Å². The third-order valence-corrected chi connectivity index (χ3v) is 4.66. The first-order chi connectivity index (χ1) is 9.28. The van der Waals surface area contributed by atoms with Gasteiger partial charge in [-0.25, -0.2) is 8.42 Å². The van der Waals surface area contributed by atoms with Crippen molar-refractivity contribution in [3.8, 4) is 0 Å². The van der Waals surface area contributed by atoms with Crippen molar-refractivity contribution >= 4 is 37.3 Å². The fourth-order valence-corrected chi connectivity index (χ4v) is 3.68. The molecule has 2 aromatic rings. The molecule has 6 heteroatoms. The van der Waals surface area contributed by atoms with Gasteiger partial charge in [0.2, 0.25) is 0 Å². The van der Waals surface area contributed by atoms with Crippen LogP contribution in [-0.2, 0) is 10.0 Å². The molecule has 2 aromatic carbocycles. The van der Waals surface area contributed by atoms with Crippen molar-refractivity contribution in [3.63, 3.8) is 0 Å². The number of halogens is 1. The van der Waals surface area contributed by atoms with Crippen LogP contribution < -0.4 is 10.5 Å². The first-order valence-electron chi connectivity index (χ1n) is 5.94. The fourth-order valence-electron chi connectivity index (χ4n) is 1.92. The van der Waals surface area contributed by atoms with Crippen LogP contribution in [0.1, 0.15) is 11.1 Å². The largest absolute Gasteiger partial charge is 0.398 e. The second-order valence-electron chi connectivity index (χ2n) is 4.66. The number of nitrogens with two attached hydrogens (primary N) is 1. The van der Waals surface area contributed by atoms with Crippen LogP contribution in [0.25, 0.3) is 0 Å². The van der Waals surface area contributed by atoms with Gasteiger partial charge in [-0.2, -0.15) is 0 Å². The highest BCUT2D eigenvalue weighted by atomic mass is 79.9. The normalized spacial score (nSPS) is 11.3. The molecule has 0 fully saturated rings. The lowest BCUT2D eigenvalue weighted by atomic mass is 10.2. The van der Waals surface area contributed by atoms with Crippen LogP contribution in [-0.4, -0.2) is 8.42 Å². The van der Waals surface area contributed by atoms with Gasteiger partial charge in [0.15, 0.2) is 0 Å². The molecule has 0 saturated heterocycles. The summed E-state index contributed by atoms with van der Waals surface area (Å²) in [6.07, 6.45) is 0. The van der Waals surface area contributed by atoms with Crippen molar-refractivity contribution in [1.82, 2.24) is 0 Å². The Morgan fingerprint density at radius 2 is 1.75 bits per heavy atom. The highest BCUT2D eigenvalue weighted by Gasteiger charge is 2.17. The van der Waals surface area contributed by atoms with Crippen LogP contribution in [0, 0.1) is 13.8 Å². The first kappa shape index (κ1) is 14.9. The third-order valence-electron chi connectivity index (χ3n) is 2.75. The monoisotopic (exact) mass is 354 g/mol. The number of nitrogen functional groups attached to an aromatic ring is 1. The van der Waals surface area contributed by atoms with E-state index in [4.69, 9.17) is 5.73 Å². The molecule has 0 aromatic heterocycles. The smallest absolute Gasteiger partial charge is 0.263 e. The summed E-state index contributed by atoms with van der Waals surface area (Å²) in [4.78, 5) is 0.0840. The number of nitrogens with one attached hydrogen (secondary N) is 1. The van der Waals surface area contributed by atoms with Crippen molar-refractivity contribution < 1.29 is 8.42 Å². The number of benzene rings is 2. The Bertz CT molecular complexity index is 738. The van der Waals surface area contributed by atoms with E-state index in [1.54, 1.807) is 24.3 Å². The molecule has 2 rings (SSSR count). The Morgan fingerprint density at radius 3 is 2.35 bits per heavy atom. The number of anilines is 2. The molecule has 0 aliphatic rings. The van der Waals surface area contributed by atoms with Crippen molar-refractivity contribution in [2.45, 2.75) is 18.7 Å². The highest BCUT2D eigenvalue weighted by molar-refractivity contribution is 9.10. The molecule has 0 saturated carbocycles. The summed E-state index contributed by atoms with van der Waals surface area (Å²) in [7, 11) is -3.69. The number of hydrogen-bond donors (Lipinski definition) is 2. The molecule has 0 spiro atoms. The minimum atomic E-state index is -3.69. The van der Waals surface area contributed by atoms with E-state index in [2.05, 4.69) is 20.7 Å². The average molecular weight is 355 g/mol. The summed E-state index contributed by atoms with van der Waals surface area (Å²) in [5.74, 6) is 0. The maximum atomic E-state index is 12.3. The quantitative estimate of drug-likeness (QED) is 0.829. The zero-order chi connectivity index (χ0) is 14.9. The van der Waals surface area contributed by atoms with Gasteiger partial charge in [-0.3, -0.25) is 4.72 Å². The summed E-state index contributed by atoms with van der Waals surface area (Å²) >= 11 is 3.34. The van der Waals surface area contributed by atoms with Gasteiger partial charge in [0.25, 0.3) is 10.0 Å². The van der Waals surface area contributed by atoms with Crippen LogP contribution in [0.4, 0.5) is 11.4 Å². The van der Waals surface area contributed by atoms with Gasteiger partial charge in [0, 0.05) is 4.47 Å². The standard InChI is InChI=1S/C14H15BrN2O2S/c1-9-3-4-14(13(16)7-9)20(18,19)17-12-6-10(2)5-11(15)8-12/h3-8,17H,16H2,1-2H3. The van der Waals surface area contributed by atoms with E-state index in [9.17, 15) is 8.42 Å². The first-order valence-corrected chi connectivity index (χ1v) is 8.22. The molecule has 0 atom stereocenters. The van der Waals surface area contributed by atoms with Crippen molar-refractivity contribution in [3.05, 3.63) is 52.0 Å². The summed E-state index contributed by atoms with van der Waals surface area (Å²) < 4.78 is 28.1. The number of aryl methyl sites for hydroxylation is 2. The second kappa shape index (κ2) is 5.46. The molecule has 4 nitrogen and oxygen atoms in total. The number of rotatable bonds is 3. The third kappa shape index (κ3) is 3.32. The van der Waals surface area contributed by atoms with Gasteiger partial charge in [-0.15, -0.1) is 0 Å². The highest BCUT2D eigenvalue weighted by Crippen LogP contribution is 2.25. The Balaban J connectivity index is 2.40. The van der Waals surface area contributed by atoms with E-state index in [0.29, 0.717) is 5.69 Å². The molecule has 3 N–H and O–H groups in total. The Labute approximate surface area is 127 Å². The van der Waals surface area contributed by atoms with Crippen LogP contribution in [0.2, 0.25) is 0 Å².